The molecule has 2 rings (SSSR count). The summed E-state index contributed by atoms with van der Waals surface area (Å²) >= 11 is 0. The quantitative estimate of drug-likeness (QED) is 0.438. The summed E-state index contributed by atoms with van der Waals surface area (Å²) < 4.78 is 0. The second-order valence-corrected chi connectivity index (χ2v) is 3.13. The lowest BCUT2D eigenvalue weighted by atomic mass is 9.97. The molecule has 5 heteroatoms. The lowest BCUT2D eigenvalue weighted by Crippen LogP contribution is -2.21. The van der Waals surface area contributed by atoms with Crippen LogP contribution < -0.4 is 0 Å². The van der Waals surface area contributed by atoms with Crippen LogP contribution in [-0.2, 0) is 0 Å². The van der Waals surface area contributed by atoms with Crippen LogP contribution in [-0.4, -0.2) is 29.2 Å². The van der Waals surface area contributed by atoms with E-state index in [-0.39, 0.29) is 16.5 Å². The van der Waals surface area contributed by atoms with Crippen LogP contribution in [0.3, 0.4) is 0 Å². The van der Waals surface area contributed by atoms with Gasteiger partial charge in [0.15, 0.2) is 0 Å². The van der Waals surface area contributed by atoms with Crippen molar-refractivity contribution in [1.82, 2.24) is 5.01 Å². The van der Waals surface area contributed by atoms with Crippen molar-refractivity contribution in [1.29, 1.82) is 0 Å². The normalized spacial score (nSPS) is 25.3. The Hall–Kier alpha value is -1.65. The van der Waals surface area contributed by atoms with Crippen LogP contribution in [0.5, 0.6) is 0 Å². The zero-order valence-electron chi connectivity index (χ0n) is 7.17. The third kappa shape index (κ3) is 1.22. The van der Waals surface area contributed by atoms with Gasteiger partial charge in [-0.25, -0.2) is 0 Å². The Morgan fingerprint density at radius 2 is 2.54 bits per heavy atom. The molecule has 13 heavy (non-hydrogen) atoms. The van der Waals surface area contributed by atoms with E-state index in [0.717, 1.165) is 6.54 Å². The Balaban J connectivity index is 2.38. The SMILES string of the molecule is CN1CC2C=CC=C([N+](=O)[O-])C2=N1. The third-order valence-electron chi connectivity index (χ3n) is 2.15. The lowest BCUT2D eigenvalue weighted by molar-refractivity contribution is -0.415. The molecule has 2 aliphatic rings. The molecular formula is C8H9N3O2. The van der Waals surface area contributed by atoms with Crippen molar-refractivity contribution in [3.63, 3.8) is 0 Å². The highest BCUT2D eigenvalue weighted by Crippen LogP contribution is 2.22. The van der Waals surface area contributed by atoms with Gasteiger partial charge < -0.3 is 0 Å². The van der Waals surface area contributed by atoms with Crippen molar-refractivity contribution < 1.29 is 4.92 Å². The van der Waals surface area contributed by atoms with Crippen LogP contribution in [0.1, 0.15) is 0 Å². The highest BCUT2D eigenvalue weighted by Gasteiger charge is 2.33. The maximum absolute atomic E-state index is 10.6. The largest absolute Gasteiger partial charge is 0.299 e. The van der Waals surface area contributed by atoms with E-state index in [1.807, 2.05) is 13.1 Å². The molecule has 0 amide bonds. The molecule has 1 heterocycles. The van der Waals surface area contributed by atoms with Gasteiger partial charge in [0.2, 0.25) is 0 Å². The van der Waals surface area contributed by atoms with Crippen molar-refractivity contribution in [3.05, 3.63) is 34.0 Å². The molecule has 0 spiro atoms. The van der Waals surface area contributed by atoms with Gasteiger partial charge in [-0.15, -0.1) is 0 Å². The molecule has 0 bridgehead atoms. The van der Waals surface area contributed by atoms with Gasteiger partial charge in [-0.2, -0.15) is 5.10 Å². The van der Waals surface area contributed by atoms with E-state index < -0.39 is 0 Å². The van der Waals surface area contributed by atoms with E-state index in [1.54, 1.807) is 11.1 Å². The number of hydrogen-bond acceptors (Lipinski definition) is 4. The summed E-state index contributed by atoms with van der Waals surface area (Å²) in [5, 5.41) is 16.4. The summed E-state index contributed by atoms with van der Waals surface area (Å²) in [7, 11) is 1.82. The molecule has 0 aromatic rings. The minimum atomic E-state index is -0.380. The Kier molecular flexibility index (Phi) is 1.65. The zero-order valence-corrected chi connectivity index (χ0v) is 7.17. The van der Waals surface area contributed by atoms with Crippen molar-refractivity contribution in [2.45, 2.75) is 0 Å². The van der Waals surface area contributed by atoms with Crippen molar-refractivity contribution in [2.75, 3.05) is 13.6 Å². The first kappa shape index (κ1) is 7.97. The van der Waals surface area contributed by atoms with Crippen molar-refractivity contribution in [2.24, 2.45) is 11.0 Å². The van der Waals surface area contributed by atoms with Gasteiger partial charge in [0.05, 0.1) is 4.92 Å². The predicted molar refractivity (Wildman–Crippen MR) is 47.8 cm³/mol. The molecule has 1 atom stereocenters. The minimum absolute atomic E-state index is 0.0930. The van der Waals surface area contributed by atoms with Gasteiger partial charge >= 0.3 is 0 Å². The first-order valence-electron chi connectivity index (χ1n) is 4.01. The Labute approximate surface area is 75.2 Å². The topological polar surface area (TPSA) is 58.7 Å². The molecular weight excluding hydrogens is 170 g/mol. The fourth-order valence-corrected chi connectivity index (χ4v) is 1.58. The van der Waals surface area contributed by atoms with Gasteiger partial charge in [-0.3, -0.25) is 15.1 Å². The number of fused-ring (bicyclic) bond motifs is 1. The molecule has 0 N–H and O–H groups in total. The van der Waals surface area contributed by atoms with Crippen molar-refractivity contribution >= 4 is 5.71 Å². The average molecular weight is 179 g/mol. The first-order valence-corrected chi connectivity index (χ1v) is 4.01. The lowest BCUT2D eigenvalue weighted by Gasteiger charge is -2.08. The second-order valence-electron chi connectivity index (χ2n) is 3.13. The molecule has 68 valence electrons. The highest BCUT2D eigenvalue weighted by molar-refractivity contribution is 6.03. The van der Waals surface area contributed by atoms with Gasteiger partial charge in [-0.05, 0) is 0 Å². The minimum Gasteiger partial charge on any atom is -0.299 e. The smallest absolute Gasteiger partial charge is 0.293 e. The van der Waals surface area contributed by atoms with Gasteiger partial charge in [-0.1, -0.05) is 12.2 Å². The number of rotatable bonds is 1. The molecule has 0 aromatic heterocycles. The predicted octanol–water partition coefficient (Wildman–Crippen LogP) is 0.634. The van der Waals surface area contributed by atoms with Crippen LogP contribution in [0.25, 0.3) is 0 Å². The number of nitrogens with zero attached hydrogens (tertiary/aromatic N) is 3. The molecule has 1 aliphatic heterocycles. The van der Waals surface area contributed by atoms with E-state index in [9.17, 15) is 10.1 Å². The second kappa shape index (κ2) is 2.69. The Morgan fingerprint density at radius 3 is 3.23 bits per heavy atom. The van der Waals surface area contributed by atoms with Crippen LogP contribution in [0, 0.1) is 16.0 Å². The third-order valence-corrected chi connectivity index (χ3v) is 2.15. The van der Waals surface area contributed by atoms with Crippen LogP contribution in [0.4, 0.5) is 0 Å². The summed E-state index contributed by atoms with van der Waals surface area (Å²) in [5.74, 6) is 0.0930. The van der Waals surface area contributed by atoms with Crippen LogP contribution >= 0.6 is 0 Å². The fourth-order valence-electron chi connectivity index (χ4n) is 1.58. The summed E-state index contributed by atoms with van der Waals surface area (Å²) in [6, 6.07) is 0. The van der Waals surface area contributed by atoms with Crippen molar-refractivity contribution in [3.8, 4) is 0 Å². The fraction of sp³-hybridized carbons (Fsp3) is 0.375. The number of allylic oxidation sites excluding steroid dienone is 3. The molecule has 0 aromatic carbocycles. The Morgan fingerprint density at radius 1 is 1.77 bits per heavy atom. The zero-order chi connectivity index (χ0) is 9.42. The number of nitro groups is 1. The summed E-state index contributed by atoms with van der Waals surface area (Å²) in [5.41, 5.74) is 0.701. The average Bonchev–Trinajstić information content (AvgIpc) is 2.43. The molecule has 0 radical (unpaired) electrons. The number of hydrazone groups is 1. The van der Waals surface area contributed by atoms with Gasteiger partial charge in [0, 0.05) is 25.6 Å². The van der Waals surface area contributed by atoms with E-state index in [4.69, 9.17) is 0 Å². The standard InChI is InChI=1S/C8H9N3O2/c1-10-5-6-3-2-4-7(11(12)13)8(6)9-10/h2-4,6H,5H2,1H3. The molecule has 5 nitrogen and oxygen atoms in total. The van der Waals surface area contributed by atoms with E-state index >= 15 is 0 Å². The highest BCUT2D eigenvalue weighted by atomic mass is 16.6. The first-order chi connectivity index (χ1) is 6.18. The maximum atomic E-state index is 10.6. The molecule has 1 unspecified atom stereocenters. The van der Waals surface area contributed by atoms with E-state index in [1.165, 1.54) is 6.08 Å². The van der Waals surface area contributed by atoms with Gasteiger partial charge in [0.1, 0.15) is 5.71 Å². The van der Waals surface area contributed by atoms with E-state index in [0.29, 0.717) is 5.71 Å². The number of hydrogen-bond donors (Lipinski definition) is 0. The van der Waals surface area contributed by atoms with E-state index in [2.05, 4.69) is 5.10 Å². The van der Waals surface area contributed by atoms with Crippen LogP contribution in [0.2, 0.25) is 0 Å². The molecule has 1 aliphatic carbocycles. The Bertz CT molecular complexity index is 343. The molecule has 0 saturated heterocycles. The summed E-state index contributed by atoms with van der Waals surface area (Å²) in [6.45, 7) is 0.733. The monoisotopic (exact) mass is 179 g/mol. The maximum Gasteiger partial charge on any atom is 0.293 e. The summed E-state index contributed by atoms with van der Waals surface area (Å²) in [4.78, 5) is 10.2. The molecule has 0 fully saturated rings. The molecule has 0 saturated carbocycles. The van der Waals surface area contributed by atoms with Crippen LogP contribution in [0.15, 0.2) is 29.0 Å². The summed E-state index contributed by atoms with van der Waals surface area (Å²) in [6.07, 6.45) is 5.16. The van der Waals surface area contributed by atoms with Gasteiger partial charge in [0.25, 0.3) is 5.70 Å².